The van der Waals surface area contributed by atoms with Gasteiger partial charge >= 0.3 is 0 Å². The minimum absolute atomic E-state index is 0.232. The molecule has 2 heterocycles. The van der Waals surface area contributed by atoms with E-state index in [1.165, 1.54) is 20.4 Å². The summed E-state index contributed by atoms with van der Waals surface area (Å²) in [4.78, 5) is 32.3. The molecule has 0 aliphatic rings. The summed E-state index contributed by atoms with van der Waals surface area (Å²) < 4.78 is 10.2. The van der Waals surface area contributed by atoms with Gasteiger partial charge in [-0.05, 0) is 11.6 Å². The van der Waals surface area contributed by atoms with Crippen LogP contribution in [0.25, 0.3) is 0 Å². The van der Waals surface area contributed by atoms with E-state index in [9.17, 15) is 14.9 Å². The highest BCUT2D eigenvalue weighted by Crippen LogP contribution is 2.25. The molecule has 2 aromatic rings. The third-order valence-corrected chi connectivity index (χ3v) is 2.75. The van der Waals surface area contributed by atoms with Crippen molar-refractivity contribution in [2.75, 3.05) is 19.6 Å². The molecule has 0 spiro atoms. The summed E-state index contributed by atoms with van der Waals surface area (Å²) in [5.74, 6) is 0.545. The molecule has 0 unspecified atom stereocenters. The zero-order valence-corrected chi connectivity index (χ0v) is 11.8. The van der Waals surface area contributed by atoms with Gasteiger partial charge in [-0.3, -0.25) is 9.78 Å². The van der Waals surface area contributed by atoms with E-state index in [0.717, 1.165) is 0 Å². The van der Waals surface area contributed by atoms with Crippen LogP contribution in [0.1, 0.15) is 11.1 Å². The predicted octanol–water partition coefficient (Wildman–Crippen LogP) is 0.376. The van der Waals surface area contributed by atoms with Crippen LogP contribution < -0.4 is 20.5 Å². The number of aromatic nitrogens is 3. The number of aromatic amines is 1. The lowest BCUT2D eigenvalue weighted by molar-refractivity contribution is -0.446. The van der Waals surface area contributed by atoms with Crippen LogP contribution in [0.4, 0.5) is 5.95 Å². The van der Waals surface area contributed by atoms with Crippen LogP contribution in [0.2, 0.25) is 0 Å². The number of methoxy groups -OCH3 is 2. The Bertz CT molecular complexity index is 745. The average Bonchev–Trinajstić information content (AvgIpc) is 2.49. The summed E-state index contributed by atoms with van der Waals surface area (Å²) in [7, 11) is 2.95. The van der Waals surface area contributed by atoms with Crippen molar-refractivity contribution in [2.24, 2.45) is 0 Å². The fraction of sp³-hybridized carbons (Fsp3) is 0.250. The molecule has 116 valence electrons. The average molecular weight is 307 g/mol. The van der Waals surface area contributed by atoms with Crippen molar-refractivity contribution in [1.29, 1.82) is 0 Å². The number of rotatable bonds is 6. The normalized spacial score (nSPS) is 10.1. The monoisotopic (exact) mass is 307 g/mol. The highest BCUT2D eigenvalue weighted by Gasteiger charge is 2.10. The Balaban J connectivity index is 2.24. The summed E-state index contributed by atoms with van der Waals surface area (Å²) in [5.41, 5.74) is 2.34. The lowest BCUT2D eigenvalue weighted by Gasteiger charge is -2.08. The zero-order valence-electron chi connectivity index (χ0n) is 11.8. The molecule has 0 bridgehead atoms. The van der Waals surface area contributed by atoms with Gasteiger partial charge in [0.2, 0.25) is 0 Å². The number of hydrazine groups is 1. The quantitative estimate of drug-likeness (QED) is 0.578. The molecule has 2 N–H and O–H groups in total. The van der Waals surface area contributed by atoms with E-state index in [2.05, 4.69) is 15.0 Å². The number of hydrogen-bond donors (Lipinski definition) is 2. The molecule has 2 rings (SSSR count). The molecule has 0 aromatic carbocycles. The summed E-state index contributed by atoms with van der Waals surface area (Å²) >= 11 is 0. The second kappa shape index (κ2) is 6.52. The number of nitrogens with zero attached hydrogens (tertiary/aromatic N) is 3. The lowest BCUT2D eigenvalue weighted by Crippen LogP contribution is -2.19. The second-order valence-electron chi connectivity index (χ2n) is 4.19. The third kappa shape index (κ3) is 3.48. The maximum Gasteiger partial charge on any atom is 0.265 e. The molecule has 2 aromatic heterocycles. The second-order valence-corrected chi connectivity index (χ2v) is 4.19. The maximum absolute atomic E-state index is 11.9. The molecule has 10 heteroatoms. The first-order valence-electron chi connectivity index (χ1n) is 6.09. The van der Waals surface area contributed by atoms with E-state index >= 15 is 0 Å². The van der Waals surface area contributed by atoms with E-state index < -0.39 is 10.6 Å². The van der Waals surface area contributed by atoms with Crippen molar-refractivity contribution >= 4 is 5.95 Å². The molecule has 0 atom stereocenters. The summed E-state index contributed by atoms with van der Waals surface area (Å²) in [6.45, 7) is 0. The minimum Gasteiger partial charge on any atom is -0.491 e. The van der Waals surface area contributed by atoms with Crippen LogP contribution in [0.5, 0.6) is 11.6 Å². The SMILES string of the molecule is COc1cc(Cc2cnc(N[N+](=O)[O-])[nH]c2=O)cnc1OC. The first-order chi connectivity index (χ1) is 10.5. The molecule has 0 radical (unpaired) electrons. The van der Waals surface area contributed by atoms with Gasteiger partial charge in [-0.1, -0.05) is 5.43 Å². The number of hydrogen-bond acceptors (Lipinski definition) is 7. The zero-order chi connectivity index (χ0) is 16.1. The van der Waals surface area contributed by atoms with E-state index in [1.807, 2.05) is 0 Å². The molecule has 0 aliphatic carbocycles. The van der Waals surface area contributed by atoms with Gasteiger partial charge in [0.05, 0.1) is 14.2 Å². The smallest absolute Gasteiger partial charge is 0.265 e. The van der Waals surface area contributed by atoms with Gasteiger partial charge in [-0.2, -0.15) is 0 Å². The van der Waals surface area contributed by atoms with Gasteiger partial charge in [0.15, 0.2) is 10.8 Å². The van der Waals surface area contributed by atoms with E-state index in [1.54, 1.807) is 17.7 Å². The fourth-order valence-electron chi connectivity index (χ4n) is 1.78. The summed E-state index contributed by atoms with van der Waals surface area (Å²) in [6.07, 6.45) is 3.06. The Morgan fingerprint density at radius 1 is 1.32 bits per heavy atom. The molecule has 0 saturated carbocycles. The molecular formula is C12H13N5O5. The Morgan fingerprint density at radius 2 is 2.09 bits per heavy atom. The Kier molecular flexibility index (Phi) is 4.51. The van der Waals surface area contributed by atoms with Crippen molar-refractivity contribution in [3.8, 4) is 11.6 Å². The first-order valence-corrected chi connectivity index (χ1v) is 6.09. The first kappa shape index (κ1) is 15.2. The number of nitrogens with one attached hydrogen (secondary N) is 2. The summed E-state index contributed by atoms with van der Waals surface area (Å²) in [5, 5.41) is 9.48. The van der Waals surface area contributed by atoms with E-state index in [-0.39, 0.29) is 12.4 Å². The van der Waals surface area contributed by atoms with Crippen LogP contribution in [-0.2, 0) is 6.42 Å². The molecule has 22 heavy (non-hydrogen) atoms. The van der Waals surface area contributed by atoms with Crippen LogP contribution in [0, 0.1) is 10.1 Å². The Labute approximate surface area is 124 Å². The summed E-state index contributed by atoms with van der Waals surface area (Å²) in [6, 6.07) is 1.69. The number of pyridine rings is 1. The Hall–Kier alpha value is -3.17. The van der Waals surface area contributed by atoms with Crippen molar-refractivity contribution in [3.63, 3.8) is 0 Å². The highest BCUT2D eigenvalue weighted by atomic mass is 16.7. The van der Waals surface area contributed by atoms with Gasteiger partial charge in [0.1, 0.15) is 0 Å². The van der Waals surface area contributed by atoms with Gasteiger partial charge in [0, 0.05) is 24.4 Å². The molecule has 0 fully saturated rings. The molecular weight excluding hydrogens is 294 g/mol. The number of ether oxygens (including phenoxy) is 2. The lowest BCUT2D eigenvalue weighted by atomic mass is 10.1. The highest BCUT2D eigenvalue weighted by molar-refractivity contribution is 5.38. The van der Waals surface area contributed by atoms with Crippen LogP contribution >= 0.6 is 0 Å². The van der Waals surface area contributed by atoms with Gasteiger partial charge in [0.25, 0.3) is 17.4 Å². The fourth-order valence-corrected chi connectivity index (χ4v) is 1.78. The predicted molar refractivity (Wildman–Crippen MR) is 75.6 cm³/mol. The largest absolute Gasteiger partial charge is 0.491 e. The third-order valence-electron chi connectivity index (χ3n) is 2.75. The van der Waals surface area contributed by atoms with Crippen LogP contribution in [-0.4, -0.2) is 34.2 Å². The minimum atomic E-state index is -0.809. The molecule has 10 nitrogen and oxygen atoms in total. The van der Waals surface area contributed by atoms with E-state index in [0.29, 0.717) is 22.8 Å². The maximum atomic E-state index is 11.9. The van der Waals surface area contributed by atoms with Crippen molar-refractivity contribution in [2.45, 2.75) is 6.42 Å². The number of anilines is 1. The molecule has 0 amide bonds. The topological polar surface area (TPSA) is 132 Å². The van der Waals surface area contributed by atoms with Gasteiger partial charge < -0.3 is 9.47 Å². The van der Waals surface area contributed by atoms with Crippen molar-refractivity contribution < 1.29 is 14.5 Å². The molecule has 0 saturated heterocycles. The van der Waals surface area contributed by atoms with Crippen LogP contribution in [0.15, 0.2) is 23.3 Å². The Morgan fingerprint density at radius 3 is 2.68 bits per heavy atom. The number of nitro groups is 1. The van der Waals surface area contributed by atoms with E-state index in [4.69, 9.17) is 9.47 Å². The van der Waals surface area contributed by atoms with Crippen LogP contribution in [0.3, 0.4) is 0 Å². The standard InChI is InChI=1S/C12H13N5O5/c1-21-9-4-7(5-13-11(9)22-2)3-8-6-14-12(15-10(8)18)16-17(19)20/h4-6H,3H2,1-2H3,(H2,14,15,16,18). The van der Waals surface area contributed by atoms with Gasteiger partial charge in [-0.15, -0.1) is 0 Å². The van der Waals surface area contributed by atoms with Gasteiger partial charge in [-0.25, -0.2) is 20.1 Å². The van der Waals surface area contributed by atoms with Crippen molar-refractivity contribution in [3.05, 3.63) is 50.1 Å². The van der Waals surface area contributed by atoms with Crippen molar-refractivity contribution in [1.82, 2.24) is 15.0 Å². The molecule has 0 aliphatic heterocycles. The number of H-pyrrole nitrogens is 1.